The number of rotatable bonds is 8. The summed E-state index contributed by atoms with van der Waals surface area (Å²) in [6, 6.07) is 5.46. The summed E-state index contributed by atoms with van der Waals surface area (Å²) in [6.07, 6.45) is -0.278. The Morgan fingerprint density at radius 3 is 2.50 bits per heavy atom. The fraction of sp³-hybridized carbons (Fsp3) is 0.500. The smallest absolute Gasteiger partial charge is 0.338 e. The van der Waals surface area contributed by atoms with E-state index in [0.29, 0.717) is 24.5 Å². The van der Waals surface area contributed by atoms with Crippen LogP contribution in [-0.2, 0) is 14.2 Å². The van der Waals surface area contributed by atoms with E-state index >= 15 is 0 Å². The van der Waals surface area contributed by atoms with Gasteiger partial charge in [-0.1, -0.05) is 15.9 Å². The lowest BCUT2D eigenvalue weighted by atomic mass is 10.2. The molecule has 0 atom stereocenters. The molecule has 6 heteroatoms. The Labute approximate surface area is 132 Å². The number of benzene rings is 1. The number of esters is 1. The van der Waals surface area contributed by atoms with E-state index in [1.807, 2.05) is 26.0 Å². The summed E-state index contributed by atoms with van der Waals surface area (Å²) < 4.78 is 16.7. The SMILES string of the molecule is CCOC(CSc1cc(Br)ccc1C(=O)OC)OCC. The summed E-state index contributed by atoms with van der Waals surface area (Å²) in [5.41, 5.74) is 0.549. The summed E-state index contributed by atoms with van der Waals surface area (Å²) >= 11 is 4.92. The second kappa shape index (κ2) is 9.39. The Morgan fingerprint density at radius 1 is 1.30 bits per heavy atom. The minimum absolute atomic E-state index is 0.278. The highest BCUT2D eigenvalue weighted by molar-refractivity contribution is 9.10. The average molecular weight is 363 g/mol. The zero-order valence-electron chi connectivity index (χ0n) is 11.8. The first kappa shape index (κ1) is 17.5. The highest BCUT2D eigenvalue weighted by Crippen LogP contribution is 2.28. The molecule has 0 aliphatic heterocycles. The van der Waals surface area contributed by atoms with Crippen LogP contribution in [0.2, 0.25) is 0 Å². The Kier molecular flexibility index (Phi) is 8.21. The van der Waals surface area contributed by atoms with Crippen molar-refractivity contribution in [1.29, 1.82) is 0 Å². The van der Waals surface area contributed by atoms with Crippen LogP contribution in [0.4, 0.5) is 0 Å². The van der Waals surface area contributed by atoms with Gasteiger partial charge < -0.3 is 14.2 Å². The van der Waals surface area contributed by atoms with Crippen molar-refractivity contribution in [3.8, 4) is 0 Å². The van der Waals surface area contributed by atoms with Crippen molar-refractivity contribution in [1.82, 2.24) is 0 Å². The van der Waals surface area contributed by atoms with Gasteiger partial charge in [0.1, 0.15) is 0 Å². The van der Waals surface area contributed by atoms with Gasteiger partial charge in [-0.25, -0.2) is 4.79 Å². The minimum Gasteiger partial charge on any atom is -0.465 e. The van der Waals surface area contributed by atoms with E-state index in [0.717, 1.165) is 9.37 Å². The third-order valence-corrected chi connectivity index (χ3v) is 4.01. The molecule has 0 saturated carbocycles. The third-order valence-electron chi connectivity index (χ3n) is 2.43. The molecular formula is C14H19BrO4S. The lowest BCUT2D eigenvalue weighted by Gasteiger charge is -2.17. The first-order valence-corrected chi connectivity index (χ1v) is 8.14. The number of ether oxygens (including phenoxy) is 3. The number of thioether (sulfide) groups is 1. The molecule has 0 spiro atoms. The van der Waals surface area contributed by atoms with Crippen LogP contribution >= 0.6 is 27.7 Å². The Hall–Kier alpha value is -0.560. The normalized spacial score (nSPS) is 10.8. The molecule has 1 aromatic rings. The number of halogens is 1. The molecule has 0 N–H and O–H groups in total. The van der Waals surface area contributed by atoms with Gasteiger partial charge >= 0.3 is 5.97 Å². The van der Waals surface area contributed by atoms with Gasteiger partial charge in [-0.2, -0.15) is 0 Å². The van der Waals surface area contributed by atoms with Gasteiger partial charge in [0.2, 0.25) is 0 Å². The van der Waals surface area contributed by atoms with Crippen LogP contribution in [0.1, 0.15) is 24.2 Å². The molecule has 112 valence electrons. The maximum Gasteiger partial charge on any atom is 0.338 e. The molecule has 0 radical (unpaired) electrons. The Bertz CT molecular complexity index is 433. The highest BCUT2D eigenvalue weighted by Gasteiger charge is 2.15. The summed E-state index contributed by atoms with van der Waals surface area (Å²) in [4.78, 5) is 12.6. The molecule has 1 aromatic carbocycles. The first-order valence-electron chi connectivity index (χ1n) is 6.36. The van der Waals surface area contributed by atoms with Gasteiger partial charge in [0.05, 0.1) is 12.7 Å². The lowest BCUT2D eigenvalue weighted by molar-refractivity contribution is -0.120. The van der Waals surface area contributed by atoms with E-state index in [9.17, 15) is 4.79 Å². The van der Waals surface area contributed by atoms with Gasteiger partial charge in [-0.15, -0.1) is 11.8 Å². The van der Waals surface area contributed by atoms with Crippen molar-refractivity contribution >= 4 is 33.7 Å². The van der Waals surface area contributed by atoms with E-state index in [-0.39, 0.29) is 12.3 Å². The van der Waals surface area contributed by atoms with Crippen LogP contribution in [0.25, 0.3) is 0 Å². The number of carbonyl (C=O) groups excluding carboxylic acids is 1. The van der Waals surface area contributed by atoms with E-state index in [1.54, 1.807) is 6.07 Å². The Balaban J connectivity index is 2.79. The van der Waals surface area contributed by atoms with Gasteiger partial charge in [-0.05, 0) is 32.0 Å². The predicted molar refractivity (Wildman–Crippen MR) is 83.2 cm³/mol. The quantitative estimate of drug-likeness (QED) is 0.400. The minimum atomic E-state index is -0.343. The van der Waals surface area contributed by atoms with Crippen LogP contribution in [-0.4, -0.2) is 38.3 Å². The molecular weight excluding hydrogens is 344 g/mol. The lowest BCUT2D eigenvalue weighted by Crippen LogP contribution is -2.20. The maximum absolute atomic E-state index is 11.7. The molecule has 0 fully saturated rings. The summed E-state index contributed by atoms with van der Waals surface area (Å²) in [7, 11) is 1.38. The van der Waals surface area contributed by atoms with Crippen molar-refractivity contribution in [3.05, 3.63) is 28.2 Å². The van der Waals surface area contributed by atoms with Crippen LogP contribution in [0.5, 0.6) is 0 Å². The second-order valence-corrected chi connectivity index (χ2v) is 5.76. The zero-order chi connectivity index (χ0) is 15.0. The molecule has 0 bridgehead atoms. The van der Waals surface area contributed by atoms with E-state index < -0.39 is 0 Å². The van der Waals surface area contributed by atoms with Gasteiger partial charge in [0, 0.05) is 28.3 Å². The van der Waals surface area contributed by atoms with Crippen LogP contribution in [0.3, 0.4) is 0 Å². The molecule has 4 nitrogen and oxygen atoms in total. The van der Waals surface area contributed by atoms with Crippen molar-refractivity contribution < 1.29 is 19.0 Å². The van der Waals surface area contributed by atoms with Gasteiger partial charge in [0.15, 0.2) is 6.29 Å². The predicted octanol–water partition coefficient (Wildman–Crippen LogP) is 3.73. The van der Waals surface area contributed by atoms with Crippen LogP contribution in [0, 0.1) is 0 Å². The molecule has 0 aliphatic carbocycles. The third kappa shape index (κ3) is 5.44. The van der Waals surface area contributed by atoms with E-state index in [4.69, 9.17) is 14.2 Å². The first-order chi connectivity index (χ1) is 9.62. The molecule has 0 aromatic heterocycles. The topological polar surface area (TPSA) is 44.8 Å². The number of hydrogen-bond donors (Lipinski definition) is 0. The molecule has 20 heavy (non-hydrogen) atoms. The van der Waals surface area contributed by atoms with E-state index in [1.165, 1.54) is 18.9 Å². The largest absolute Gasteiger partial charge is 0.465 e. The highest BCUT2D eigenvalue weighted by atomic mass is 79.9. The molecule has 1 rings (SSSR count). The van der Waals surface area contributed by atoms with Crippen molar-refractivity contribution in [2.24, 2.45) is 0 Å². The van der Waals surface area contributed by atoms with Crippen LogP contribution < -0.4 is 0 Å². The fourth-order valence-corrected chi connectivity index (χ4v) is 3.11. The molecule has 0 heterocycles. The van der Waals surface area contributed by atoms with Crippen molar-refractivity contribution in [3.63, 3.8) is 0 Å². The monoisotopic (exact) mass is 362 g/mol. The zero-order valence-corrected chi connectivity index (χ0v) is 14.3. The Morgan fingerprint density at radius 2 is 1.95 bits per heavy atom. The second-order valence-electron chi connectivity index (χ2n) is 3.78. The number of carbonyl (C=O) groups is 1. The van der Waals surface area contributed by atoms with Crippen LogP contribution in [0.15, 0.2) is 27.6 Å². The number of methoxy groups -OCH3 is 1. The van der Waals surface area contributed by atoms with Gasteiger partial charge in [-0.3, -0.25) is 0 Å². The molecule has 0 unspecified atom stereocenters. The fourth-order valence-electron chi connectivity index (χ4n) is 1.57. The summed E-state index contributed by atoms with van der Waals surface area (Å²) in [6.45, 7) is 5.03. The van der Waals surface area contributed by atoms with E-state index in [2.05, 4.69) is 15.9 Å². The number of hydrogen-bond acceptors (Lipinski definition) is 5. The standard InChI is InChI=1S/C14H19BrO4S/c1-4-18-13(19-5-2)9-20-12-8-10(15)6-7-11(12)14(16)17-3/h6-8,13H,4-5,9H2,1-3H3. The maximum atomic E-state index is 11.7. The van der Waals surface area contributed by atoms with Crippen molar-refractivity contribution in [2.75, 3.05) is 26.1 Å². The van der Waals surface area contributed by atoms with Crippen molar-refractivity contribution in [2.45, 2.75) is 25.0 Å². The molecule has 0 saturated heterocycles. The average Bonchev–Trinajstić information content (AvgIpc) is 2.44. The van der Waals surface area contributed by atoms with Gasteiger partial charge in [0.25, 0.3) is 0 Å². The summed E-state index contributed by atoms with van der Waals surface area (Å²) in [5.74, 6) is 0.270. The molecule has 0 aliphatic rings. The molecule has 0 amide bonds. The summed E-state index contributed by atoms with van der Waals surface area (Å²) in [5, 5.41) is 0.